The Morgan fingerprint density at radius 1 is 0.284 bits per heavy atom. The molecule has 102 heavy (non-hydrogen) atoms. The highest BCUT2D eigenvalue weighted by Gasteiger charge is 2.30. The second-order valence-corrected chi connectivity index (χ2v) is 29.2. The summed E-state index contributed by atoms with van der Waals surface area (Å²) in [5.41, 5.74) is 0. The molecule has 0 bridgehead atoms. The molecule has 0 amide bonds. The molecule has 5 atom stereocenters. The fourth-order valence-electron chi connectivity index (χ4n) is 10.4. The van der Waals surface area contributed by atoms with E-state index in [9.17, 15) is 43.2 Å². The molecule has 0 aromatic carbocycles. The minimum atomic E-state index is -4.99. The Morgan fingerprint density at radius 3 is 0.833 bits per heavy atom. The fourth-order valence-corrected chi connectivity index (χ4v) is 12.0. The predicted molar refractivity (Wildman–Crippen MR) is 418 cm³/mol. The van der Waals surface area contributed by atoms with Gasteiger partial charge in [0.1, 0.15) is 19.3 Å². The van der Waals surface area contributed by atoms with E-state index in [-0.39, 0.29) is 25.7 Å². The van der Waals surface area contributed by atoms with Crippen LogP contribution in [0.15, 0.2) is 122 Å². The monoisotopic (exact) mass is 1470 g/mol. The van der Waals surface area contributed by atoms with Crippen molar-refractivity contribution in [1.82, 2.24) is 0 Å². The Hall–Kier alpha value is -4.54. The van der Waals surface area contributed by atoms with E-state index in [1.807, 2.05) is 0 Å². The zero-order chi connectivity index (χ0) is 74.6. The number of carbonyl (C=O) groups excluding carboxylic acids is 4. The molecule has 19 heteroatoms. The van der Waals surface area contributed by atoms with Crippen LogP contribution in [0.1, 0.15) is 323 Å². The third-order valence-corrected chi connectivity index (χ3v) is 18.3. The minimum Gasteiger partial charge on any atom is -0.462 e. The summed E-state index contributed by atoms with van der Waals surface area (Å²) < 4.78 is 68.5. The number of allylic oxidation sites excluding steroid dienone is 20. The molecule has 0 aliphatic heterocycles. The molecule has 0 heterocycles. The number of rotatable bonds is 74. The van der Waals surface area contributed by atoms with Crippen molar-refractivity contribution in [3.05, 3.63) is 122 Å². The molecule has 3 N–H and O–H groups in total. The van der Waals surface area contributed by atoms with E-state index in [0.717, 1.165) is 173 Å². The van der Waals surface area contributed by atoms with Gasteiger partial charge in [-0.1, -0.05) is 290 Å². The first kappa shape index (κ1) is 97.5. The second kappa shape index (κ2) is 74.7. The lowest BCUT2D eigenvalue weighted by molar-refractivity contribution is -0.161. The maximum absolute atomic E-state index is 13.1. The molecule has 17 nitrogen and oxygen atoms in total. The molecule has 0 saturated carbocycles. The van der Waals surface area contributed by atoms with Crippen LogP contribution in [0.2, 0.25) is 0 Å². The van der Waals surface area contributed by atoms with Crippen LogP contribution in [0.4, 0.5) is 0 Å². The number of ether oxygens (including phenoxy) is 4. The number of hydrogen-bond acceptors (Lipinski definition) is 15. The van der Waals surface area contributed by atoms with Gasteiger partial charge >= 0.3 is 39.5 Å². The van der Waals surface area contributed by atoms with E-state index < -0.39 is 97.5 Å². The Morgan fingerprint density at radius 2 is 0.529 bits per heavy atom. The molecule has 0 aromatic heterocycles. The molecular weight excluding hydrogens is 1330 g/mol. The smallest absolute Gasteiger partial charge is 0.462 e. The third-order valence-electron chi connectivity index (χ3n) is 16.4. The molecule has 0 radical (unpaired) electrons. The third kappa shape index (κ3) is 73.8. The van der Waals surface area contributed by atoms with E-state index in [0.29, 0.717) is 25.7 Å². The summed E-state index contributed by atoms with van der Waals surface area (Å²) in [5.74, 6) is -2.24. The molecule has 586 valence electrons. The van der Waals surface area contributed by atoms with Crippen molar-refractivity contribution in [2.24, 2.45) is 0 Å². The first-order valence-electron chi connectivity index (χ1n) is 39.8. The fraction of sp³-hybridized carbons (Fsp3) is 0.711. The van der Waals surface area contributed by atoms with Crippen molar-refractivity contribution in [3.8, 4) is 0 Å². The lowest BCUT2D eigenvalue weighted by Crippen LogP contribution is -2.30. The summed E-state index contributed by atoms with van der Waals surface area (Å²) >= 11 is 0. The van der Waals surface area contributed by atoms with Gasteiger partial charge in [0.25, 0.3) is 0 Å². The number of aliphatic hydroxyl groups excluding tert-OH is 1. The van der Waals surface area contributed by atoms with Gasteiger partial charge in [0.05, 0.1) is 26.4 Å². The SMILES string of the molecule is CC/C=C\C/C=C\C/C=C\C/C=C\C/C=C\CCCCCC(=O)OCC(COP(=O)(O)OCC(O)COP(=O)(O)OCC(COC(=O)CCCCCCCCCCCCCCCCC)OC(=O)CCCCCCC/C=C\C/C=C\CCC)OC(=O)CCCCCCC/C=C\C/C=C\C/C=C\CC. The maximum atomic E-state index is 13.1. The maximum Gasteiger partial charge on any atom is 0.472 e. The quantitative estimate of drug-likeness (QED) is 0.0169. The van der Waals surface area contributed by atoms with Crippen LogP contribution < -0.4 is 0 Å². The van der Waals surface area contributed by atoms with Crippen LogP contribution in [0, 0.1) is 0 Å². The molecular formula is C83H142O17P2. The number of phosphoric acid groups is 2. The molecule has 0 rings (SSSR count). The van der Waals surface area contributed by atoms with Gasteiger partial charge in [-0.3, -0.25) is 37.3 Å². The zero-order valence-electron chi connectivity index (χ0n) is 64.0. The summed E-state index contributed by atoms with van der Waals surface area (Å²) in [6, 6.07) is 0. The van der Waals surface area contributed by atoms with Crippen LogP contribution in [0.25, 0.3) is 0 Å². The number of carbonyl (C=O) groups is 4. The number of esters is 4. The highest BCUT2D eigenvalue weighted by Crippen LogP contribution is 2.45. The standard InChI is InChI=1S/C83H142O17P2/c1-5-9-13-17-21-25-29-33-36-37-38-39-42-45-48-52-56-60-64-68-81(86)94-74-79(100-83(88)70-66-62-58-54-50-46-41-35-31-27-23-19-15-11-7-3)76-98-102(91,92)96-72-77(84)71-95-101(89,90)97-75-78(99-82(87)69-65-61-57-53-49-43-32-28-24-20-16-12-8-4)73-93-80(85)67-63-59-55-51-47-44-40-34-30-26-22-18-14-10-6-2/h9,11,13,15-16,20-21,23,25,27-28,32-33,35-36,38-39,41,45,48,77-79,84H,5-8,10,12,14,17-19,22,24,26,29-31,34,37,40,42-44,46-47,49-76H2,1-4H3,(H,89,90)(H,91,92)/b13-9-,15-11-,20-16-,25-21-,27-23-,32-28-,36-33-,39-38-,41-35-,48-45-. The summed E-state index contributed by atoms with van der Waals surface area (Å²) in [4.78, 5) is 73.0. The first-order valence-corrected chi connectivity index (χ1v) is 42.8. The lowest BCUT2D eigenvalue weighted by atomic mass is 10.0. The van der Waals surface area contributed by atoms with Crippen molar-refractivity contribution < 1.29 is 80.2 Å². The van der Waals surface area contributed by atoms with Gasteiger partial charge in [-0.25, -0.2) is 9.13 Å². The van der Waals surface area contributed by atoms with Crippen molar-refractivity contribution in [2.45, 2.75) is 341 Å². The largest absolute Gasteiger partial charge is 0.472 e. The highest BCUT2D eigenvalue weighted by atomic mass is 31.2. The Bertz CT molecular complexity index is 2410. The van der Waals surface area contributed by atoms with Crippen LogP contribution in [-0.2, 0) is 65.4 Å². The minimum absolute atomic E-state index is 0.0652. The lowest BCUT2D eigenvalue weighted by Gasteiger charge is -2.21. The van der Waals surface area contributed by atoms with Crippen molar-refractivity contribution >= 4 is 39.5 Å². The van der Waals surface area contributed by atoms with E-state index in [1.54, 1.807) is 0 Å². The van der Waals surface area contributed by atoms with Gasteiger partial charge in [-0.05, 0) is 128 Å². The van der Waals surface area contributed by atoms with Crippen molar-refractivity contribution in [1.29, 1.82) is 0 Å². The zero-order valence-corrected chi connectivity index (χ0v) is 65.8. The van der Waals surface area contributed by atoms with Gasteiger partial charge in [-0.2, -0.15) is 0 Å². The van der Waals surface area contributed by atoms with E-state index >= 15 is 0 Å². The molecule has 0 fully saturated rings. The predicted octanol–water partition coefficient (Wildman–Crippen LogP) is 23.1. The molecule has 0 aliphatic carbocycles. The Kier molecular flexibility index (Phi) is 71.4. The summed E-state index contributed by atoms with van der Waals surface area (Å²) in [6.07, 6.45) is 81.8. The van der Waals surface area contributed by atoms with Gasteiger partial charge < -0.3 is 33.8 Å². The Labute approximate surface area is 619 Å². The van der Waals surface area contributed by atoms with Crippen molar-refractivity contribution in [3.63, 3.8) is 0 Å². The molecule has 5 unspecified atom stereocenters. The molecule has 0 saturated heterocycles. The number of phosphoric ester groups is 2. The number of unbranched alkanes of at least 4 members (excludes halogenated alkanes) is 28. The van der Waals surface area contributed by atoms with Gasteiger partial charge in [-0.15, -0.1) is 0 Å². The molecule has 0 aliphatic rings. The van der Waals surface area contributed by atoms with Gasteiger partial charge in [0, 0.05) is 25.7 Å². The first-order chi connectivity index (χ1) is 49.7. The van der Waals surface area contributed by atoms with E-state index in [2.05, 4.69) is 149 Å². The van der Waals surface area contributed by atoms with Crippen LogP contribution >= 0.6 is 15.6 Å². The average molecular weight is 1470 g/mol. The number of hydrogen-bond donors (Lipinski definition) is 3. The topological polar surface area (TPSA) is 237 Å². The Balaban J connectivity index is 5.39. The summed E-state index contributed by atoms with van der Waals surface area (Å²) in [6.45, 7) is 4.54. The van der Waals surface area contributed by atoms with Crippen molar-refractivity contribution in [2.75, 3.05) is 39.6 Å². The van der Waals surface area contributed by atoms with Gasteiger partial charge in [0.15, 0.2) is 12.2 Å². The van der Waals surface area contributed by atoms with Crippen LogP contribution in [-0.4, -0.2) is 96.7 Å². The molecule has 0 spiro atoms. The normalized spacial score (nSPS) is 14.5. The van der Waals surface area contributed by atoms with Gasteiger partial charge in [0.2, 0.25) is 0 Å². The van der Waals surface area contributed by atoms with Crippen LogP contribution in [0.3, 0.4) is 0 Å². The van der Waals surface area contributed by atoms with E-state index in [4.69, 9.17) is 37.0 Å². The second-order valence-electron chi connectivity index (χ2n) is 26.2. The highest BCUT2D eigenvalue weighted by molar-refractivity contribution is 7.47. The summed E-state index contributed by atoms with van der Waals surface area (Å²) in [7, 11) is -9.97. The molecule has 0 aromatic rings. The number of aliphatic hydroxyl groups is 1. The van der Waals surface area contributed by atoms with E-state index in [1.165, 1.54) is 70.6 Å². The van der Waals surface area contributed by atoms with Crippen LogP contribution in [0.5, 0.6) is 0 Å². The average Bonchev–Trinajstić information content (AvgIpc) is 0.924. The summed E-state index contributed by atoms with van der Waals surface area (Å²) in [5, 5.41) is 10.6.